The van der Waals surface area contributed by atoms with E-state index in [1.54, 1.807) is 30.3 Å². The average molecular weight is 374 g/mol. The molecule has 0 aromatic heterocycles. The molecule has 1 heterocycles. The first-order valence-electron chi connectivity index (χ1n) is 9.21. The Morgan fingerprint density at radius 3 is 2.48 bits per heavy atom. The van der Waals surface area contributed by atoms with Crippen LogP contribution < -0.4 is 5.32 Å². The molecule has 1 saturated heterocycles. The summed E-state index contributed by atoms with van der Waals surface area (Å²) in [4.78, 5) is 14.5. The van der Waals surface area contributed by atoms with Crippen molar-refractivity contribution in [1.29, 1.82) is 0 Å². The van der Waals surface area contributed by atoms with Gasteiger partial charge in [0.05, 0.1) is 19.3 Å². The van der Waals surface area contributed by atoms with Gasteiger partial charge in [0.2, 0.25) is 5.91 Å². The zero-order valence-corrected chi connectivity index (χ0v) is 15.2. The number of morpholine rings is 1. The van der Waals surface area contributed by atoms with Crippen LogP contribution in [0, 0.1) is 11.6 Å². The van der Waals surface area contributed by atoms with Crippen molar-refractivity contribution < 1.29 is 18.3 Å². The minimum atomic E-state index is -0.289. The Morgan fingerprint density at radius 2 is 1.78 bits per heavy atom. The Morgan fingerprint density at radius 1 is 1.07 bits per heavy atom. The van der Waals surface area contributed by atoms with Crippen molar-refractivity contribution in [2.45, 2.75) is 18.9 Å². The monoisotopic (exact) mass is 374 g/mol. The first-order valence-corrected chi connectivity index (χ1v) is 9.21. The molecular formula is C21H24F2N2O2. The Kier molecular flexibility index (Phi) is 6.90. The summed E-state index contributed by atoms with van der Waals surface area (Å²) in [5.74, 6) is -0.699. The lowest BCUT2D eigenvalue weighted by Crippen LogP contribution is -2.43. The van der Waals surface area contributed by atoms with Crippen LogP contribution in [0.1, 0.15) is 23.6 Å². The maximum Gasteiger partial charge on any atom is 0.220 e. The van der Waals surface area contributed by atoms with E-state index in [1.807, 2.05) is 0 Å². The SMILES string of the molecule is O=C(CCc1ccccc1F)NCC(c1ccc(F)cc1)N1CCOCC1. The van der Waals surface area contributed by atoms with Crippen LogP contribution in [-0.2, 0) is 16.0 Å². The van der Waals surface area contributed by atoms with Gasteiger partial charge < -0.3 is 10.1 Å². The summed E-state index contributed by atoms with van der Waals surface area (Å²) in [6.45, 7) is 3.21. The highest BCUT2D eigenvalue weighted by atomic mass is 19.1. The molecule has 1 aliphatic heterocycles. The van der Waals surface area contributed by atoms with Crippen molar-refractivity contribution in [2.75, 3.05) is 32.8 Å². The van der Waals surface area contributed by atoms with Gasteiger partial charge in [-0.25, -0.2) is 8.78 Å². The van der Waals surface area contributed by atoms with Gasteiger partial charge >= 0.3 is 0 Å². The molecule has 27 heavy (non-hydrogen) atoms. The molecule has 3 rings (SSSR count). The molecule has 1 N–H and O–H groups in total. The van der Waals surface area contributed by atoms with Gasteiger partial charge in [0, 0.05) is 26.1 Å². The molecule has 0 saturated carbocycles. The van der Waals surface area contributed by atoms with E-state index in [4.69, 9.17) is 4.74 Å². The highest BCUT2D eigenvalue weighted by Crippen LogP contribution is 2.21. The Hall–Kier alpha value is -2.31. The van der Waals surface area contributed by atoms with E-state index in [0.717, 1.165) is 18.7 Å². The van der Waals surface area contributed by atoms with E-state index in [1.165, 1.54) is 18.2 Å². The van der Waals surface area contributed by atoms with Crippen molar-refractivity contribution in [1.82, 2.24) is 10.2 Å². The number of amides is 1. The molecule has 0 bridgehead atoms. The predicted octanol–water partition coefficient (Wildman–Crippen LogP) is 3.09. The second-order valence-electron chi connectivity index (χ2n) is 6.61. The zero-order chi connectivity index (χ0) is 19.1. The second kappa shape index (κ2) is 9.58. The van der Waals surface area contributed by atoms with E-state index >= 15 is 0 Å². The summed E-state index contributed by atoms with van der Waals surface area (Å²) in [5, 5.41) is 2.95. The van der Waals surface area contributed by atoms with Crippen molar-refractivity contribution in [3.8, 4) is 0 Å². The molecule has 1 aliphatic rings. The number of benzene rings is 2. The summed E-state index contributed by atoms with van der Waals surface area (Å²) in [5.41, 5.74) is 1.49. The van der Waals surface area contributed by atoms with E-state index in [9.17, 15) is 13.6 Å². The average Bonchev–Trinajstić information content (AvgIpc) is 2.69. The molecular weight excluding hydrogens is 350 g/mol. The highest BCUT2D eigenvalue weighted by Gasteiger charge is 2.23. The molecule has 144 valence electrons. The van der Waals surface area contributed by atoms with Crippen LogP contribution in [0.15, 0.2) is 48.5 Å². The number of nitrogens with zero attached hydrogens (tertiary/aromatic N) is 1. The fraction of sp³-hybridized carbons (Fsp3) is 0.381. The van der Waals surface area contributed by atoms with Gasteiger partial charge in [-0.05, 0) is 35.7 Å². The van der Waals surface area contributed by atoms with Gasteiger partial charge in [-0.15, -0.1) is 0 Å². The third-order valence-corrected chi connectivity index (χ3v) is 4.81. The van der Waals surface area contributed by atoms with Crippen LogP contribution in [0.3, 0.4) is 0 Å². The molecule has 4 nitrogen and oxygen atoms in total. The van der Waals surface area contributed by atoms with Gasteiger partial charge in [0.15, 0.2) is 0 Å². The topological polar surface area (TPSA) is 41.6 Å². The van der Waals surface area contributed by atoms with E-state index in [2.05, 4.69) is 10.2 Å². The van der Waals surface area contributed by atoms with Crippen molar-refractivity contribution in [3.63, 3.8) is 0 Å². The number of rotatable bonds is 7. The normalized spacial score (nSPS) is 16.1. The molecule has 1 atom stereocenters. The Labute approximate surface area is 158 Å². The lowest BCUT2D eigenvalue weighted by Gasteiger charge is -2.35. The van der Waals surface area contributed by atoms with Crippen molar-refractivity contribution >= 4 is 5.91 Å². The molecule has 6 heteroatoms. The number of nitrogens with one attached hydrogen (secondary N) is 1. The van der Waals surface area contributed by atoms with Crippen molar-refractivity contribution in [2.24, 2.45) is 0 Å². The molecule has 0 spiro atoms. The molecule has 1 unspecified atom stereocenters. The molecule has 2 aromatic rings. The third kappa shape index (κ3) is 5.58. The summed E-state index contributed by atoms with van der Waals surface area (Å²) >= 11 is 0. The zero-order valence-electron chi connectivity index (χ0n) is 15.2. The number of hydrogen-bond donors (Lipinski definition) is 1. The maximum atomic E-state index is 13.7. The molecule has 0 aliphatic carbocycles. The smallest absolute Gasteiger partial charge is 0.220 e. The van der Waals surface area contributed by atoms with E-state index in [-0.39, 0.29) is 30.0 Å². The van der Waals surface area contributed by atoms with Gasteiger partial charge in [-0.3, -0.25) is 9.69 Å². The van der Waals surface area contributed by atoms with Gasteiger partial charge in [-0.1, -0.05) is 30.3 Å². The predicted molar refractivity (Wildman–Crippen MR) is 99.3 cm³/mol. The molecule has 1 fully saturated rings. The molecule has 1 amide bonds. The van der Waals surface area contributed by atoms with Crippen LogP contribution in [-0.4, -0.2) is 43.7 Å². The number of carbonyl (C=O) groups excluding carboxylic acids is 1. The Bertz CT molecular complexity index is 746. The highest BCUT2D eigenvalue weighted by molar-refractivity contribution is 5.76. The number of aryl methyl sites for hydroxylation is 1. The van der Waals surface area contributed by atoms with Gasteiger partial charge in [-0.2, -0.15) is 0 Å². The Balaban J connectivity index is 1.59. The standard InChI is InChI=1S/C21H24F2N2O2/c22-18-8-5-17(6-9-18)20(25-11-13-27-14-12-25)15-24-21(26)10-7-16-3-1-2-4-19(16)23/h1-6,8-9,20H,7,10-15H2,(H,24,26). The van der Waals surface area contributed by atoms with E-state index < -0.39 is 0 Å². The van der Waals surface area contributed by atoms with Gasteiger partial charge in [0.25, 0.3) is 0 Å². The first kappa shape index (κ1) is 19.5. The summed E-state index contributed by atoms with van der Waals surface area (Å²) in [6, 6.07) is 12.8. The summed E-state index contributed by atoms with van der Waals surface area (Å²) < 4.78 is 32.3. The minimum absolute atomic E-state index is 0.0492. The molecule has 0 radical (unpaired) electrons. The van der Waals surface area contributed by atoms with Crippen LogP contribution in [0.5, 0.6) is 0 Å². The van der Waals surface area contributed by atoms with Crippen molar-refractivity contribution in [3.05, 3.63) is 71.3 Å². The first-order chi connectivity index (χ1) is 13.1. The van der Waals surface area contributed by atoms with Crippen LogP contribution in [0.25, 0.3) is 0 Å². The van der Waals surface area contributed by atoms with E-state index in [0.29, 0.717) is 31.7 Å². The number of ether oxygens (including phenoxy) is 1. The quantitative estimate of drug-likeness (QED) is 0.810. The van der Waals surface area contributed by atoms with Crippen LogP contribution >= 0.6 is 0 Å². The number of carbonyl (C=O) groups is 1. The van der Waals surface area contributed by atoms with Crippen LogP contribution in [0.4, 0.5) is 8.78 Å². The van der Waals surface area contributed by atoms with Gasteiger partial charge in [0.1, 0.15) is 11.6 Å². The fourth-order valence-electron chi connectivity index (χ4n) is 3.28. The minimum Gasteiger partial charge on any atom is -0.379 e. The summed E-state index contributed by atoms with van der Waals surface area (Å²) in [6.07, 6.45) is 0.581. The fourth-order valence-corrected chi connectivity index (χ4v) is 3.28. The van der Waals surface area contributed by atoms with Crippen LogP contribution in [0.2, 0.25) is 0 Å². The molecule has 2 aromatic carbocycles. The summed E-state index contributed by atoms with van der Waals surface area (Å²) in [7, 11) is 0. The maximum absolute atomic E-state index is 13.7. The second-order valence-corrected chi connectivity index (χ2v) is 6.61. The largest absolute Gasteiger partial charge is 0.379 e. The lowest BCUT2D eigenvalue weighted by atomic mass is 10.0. The number of hydrogen-bond acceptors (Lipinski definition) is 3. The third-order valence-electron chi connectivity index (χ3n) is 4.81. The lowest BCUT2D eigenvalue weighted by molar-refractivity contribution is -0.121. The number of halogens is 2.